The molecule has 4 heteroatoms. The smallest absolute Gasteiger partial charge is 0.0795 e. The lowest BCUT2D eigenvalue weighted by atomic mass is 10.3. The molecule has 1 aliphatic heterocycles. The van der Waals surface area contributed by atoms with E-state index in [1.54, 1.807) is 11.3 Å². The summed E-state index contributed by atoms with van der Waals surface area (Å²) in [6.45, 7) is 6.89. The first-order valence-corrected chi connectivity index (χ1v) is 6.61. The molecule has 0 bridgehead atoms. The van der Waals surface area contributed by atoms with Gasteiger partial charge >= 0.3 is 0 Å². The summed E-state index contributed by atoms with van der Waals surface area (Å²) in [6.07, 6.45) is 2.75. The van der Waals surface area contributed by atoms with Gasteiger partial charge in [0.2, 0.25) is 0 Å². The average Bonchev–Trinajstić information content (AvgIpc) is 2.86. The highest BCUT2D eigenvalue weighted by molar-refractivity contribution is 7.07. The van der Waals surface area contributed by atoms with Crippen molar-refractivity contribution in [1.29, 1.82) is 0 Å². The third kappa shape index (κ3) is 3.55. The van der Waals surface area contributed by atoms with Crippen molar-refractivity contribution in [2.45, 2.75) is 32.4 Å². The normalized spacial score (nSPS) is 19.5. The Hall–Kier alpha value is -0.450. The first-order valence-electron chi connectivity index (χ1n) is 5.67. The zero-order valence-corrected chi connectivity index (χ0v) is 10.1. The fourth-order valence-corrected chi connectivity index (χ4v) is 2.58. The summed E-state index contributed by atoms with van der Waals surface area (Å²) < 4.78 is 0. The molecule has 1 saturated heterocycles. The van der Waals surface area contributed by atoms with Crippen molar-refractivity contribution in [2.24, 2.45) is 0 Å². The summed E-state index contributed by atoms with van der Waals surface area (Å²) >= 11 is 1.66. The number of nitrogens with one attached hydrogen (secondary N) is 1. The maximum absolute atomic E-state index is 4.26. The second-order valence-corrected chi connectivity index (χ2v) is 4.99. The van der Waals surface area contributed by atoms with Gasteiger partial charge in [-0.15, -0.1) is 11.3 Å². The summed E-state index contributed by atoms with van der Waals surface area (Å²) in [5.41, 5.74) is 3.05. The molecule has 0 aromatic carbocycles. The summed E-state index contributed by atoms with van der Waals surface area (Å²) in [5.74, 6) is 0. The third-order valence-corrected chi connectivity index (χ3v) is 3.48. The fourth-order valence-electron chi connectivity index (χ4n) is 2.02. The molecule has 3 nitrogen and oxygen atoms in total. The average molecular weight is 225 g/mol. The molecule has 1 aromatic rings. The van der Waals surface area contributed by atoms with Gasteiger partial charge in [0.05, 0.1) is 11.2 Å². The monoisotopic (exact) mass is 225 g/mol. The van der Waals surface area contributed by atoms with Crippen LogP contribution in [-0.4, -0.2) is 35.6 Å². The Labute approximate surface area is 95.5 Å². The van der Waals surface area contributed by atoms with Crippen LogP contribution >= 0.6 is 11.3 Å². The van der Waals surface area contributed by atoms with Gasteiger partial charge in [-0.2, -0.15) is 0 Å². The Bertz CT molecular complexity index is 267. The van der Waals surface area contributed by atoms with Gasteiger partial charge in [0.15, 0.2) is 0 Å². The van der Waals surface area contributed by atoms with Crippen molar-refractivity contribution in [3.63, 3.8) is 0 Å². The minimum absolute atomic E-state index is 0.560. The molecule has 1 aliphatic rings. The van der Waals surface area contributed by atoms with Crippen molar-refractivity contribution in [1.82, 2.24) is 15.2 Å². The minimum atomic E-state index is 0.560. The molecule has 2 heterocycles. The molecule has 0 amide bonds. The minimum Gasteiger partial charge on any atom is -0.307 e. The number of aromatic nitrogens is 1. The predicted molar refractivity (Wildman–Crippen MR) is 64.1 cm³/mol. The van der Waals surface area contributed by atoms with E-state index in [1.165, 1.54) is 32.5 Å². The van der Waals surface area contributed by atoms with Crippen LogP contribution in [0.2, 0.25) is 0 Å². The van der Waals surface area contributed by atoms with Gasteiger partial charge in [-0.05, 0) is 32.9 Å². The lowest BCUT2D eigenvalue weighted by molar-refractivity contribution is 0.298. The van der Waals surface area contributed by atoms with E-state index in [9.17, 15) is 0 Å². The van der Waals surface area contributed by atoms with Crippen LogP contribution in [0.1, 0.15) is 25.5 Å². The lowest BCUT2D eigenvalue weighted by Crippen LogP contribution is -2.37. The predicted octanol–water partition coefficient (Wildman–Crippen LogP) is 1.72. The van der Waals surface area contributed by atoms with Crippen LogP contribution in [0.3, 0.4) is 0 Å². The Kier molecular flexibility index (Phi) is 4.11. The highest BCUT2D eigenvalue weighted by atomic mass is 32.1. The Balaban J connectivity index is 1.66. The highest BCUT2D eigenvalue weighted by Gasteiger charge is 2.14. The second kappa shape index (κ2) is 5.58. The molecule has 0 aliphatic carbocycles. The van der Waals surface area contributed by atoms with Gasteiger partial charge in [0, 0.05) is 24.5 Å². The molecule has 0 radical (unpaired) electrons. The topological polar surface area (TPSA) is 28.2 Å². The first kappa shape index (κ1) is 11.0. The molecule has 1 atom stereocenters. The summed E-state index contributed by atoms with van der Waals surface area (Å²) in [5, 5.41) is 5.62. The largest absolute Gasteiger partial charge is 0.307 e. The number of likely N-dealkylation sites (tertiary alicyclic amines) is 1. The van der Waals surface area contributed by atoms with Crippen molar-refractivity contribution in [2.75, 3.05) is 19.6 Å². The SMILES string of the molecule is CC(CN1CCCC1)NCc1cscn1. The van der Waals surface area contributed by atoms with Gasteiger partial charge in [0.25, 0.3) is 0 Å². The van der Waals surface area contributed by atoms with Crippen LogP contribution < -0.4 is 5.32 Å². The van der Waals surface area contributed by atoms with Crippen molar-refractivity contribution in [3.8, 4) is 0 Å². The van der Waals surface area contributed by atoms with E-state index in [2.05, 4.69) is 27.5 Å². The zero-order chi connectivity index (χ0) is 10.5. The molecule has 1 N–H and O–H groups in total. The Morgan fingerprint density at radius 1 is 1.53 bits per heavy atom. The van der Waals surface area contributed by atoms with Crippen molar-refractivity contribution < 1.29 is 0 Å². The van der Waals surface area contributed by atoms with Crippen LogP contribution in [0.15, 0.2) is 10.9 Å². The van der Waals surface area contributed by atoms with Crippen molar-refractivity contribution in [3.05, 3.63) is 16.6 Å². The molecule has 84 valence electrons. The Morgan fingerprint density at radius 3 is 3.00 bits per heavy atom. The first-order chi connectivity index (χ1) is 7.34. The van der Waals surface area contributed by atoms with E-state index in [0.29, 0.717) is 6.04 Å². The van der Waals surface area contributed by atoms with Crippen LogP contribution in [0.25, 0.3) is 0 Å². The van der Waals surface area contributed by atoms with Gasteiger partial charge in [-0.1, -0.05) is 0 Å². The molecule has 1 aromatic heterocycles. The van der Waals surface area contributed by atoms with Gasteiger partial charge in [-0.25, -0.2) is 4.98 Å². The van der Waals surface area contributed by atoms with E-state index in [-0.39, 0.29) is 0 Å². The van der Waals surface area contributed by atoms with E-state index in [4.69, 9.17) is 0 Å². The molecule has 0 spiro atoms. The van der Waals surface area contributed by atoms with E-state index in [0.717, 1.165) is 12.2 Å². The lowest BCUT2D eigenvalue weighted by Gasteiger charge is -2.20. The van der Waals surface area contributed by atoms with Gasteiger partial charge in [-0.3, -0.25) is 0 Å². The molecule has 1 fully saturated rings. The summed E-state index contributed by atoms with van der Waals surface area (Å²) in [6, 6.07) is 0.560. The van der Waals surface area contributed by atoms with Crippen LogP contribution in [0.5, 0.6) is 0 Å². The van der Waals surface area contributed by atoms with Gasteiger partial charge in [0.1, 0.15) is 0 Å². The molecule has 15 heavy (non-hydrogen) atoms. The van der Waals surface area contributed by atoms with Crippen LogP contribution in [0, 0.1) is 0 Å². The van der Waals surface area contributed by atoms with Crippen LogP contribution in [-0.2, 0) is 6.54 Å². The van der Waals surface area contributed by atoms with E-state index < -0.39 is 0 Å². The Morgan fingerprint density at radius 2 is 2.33 bits per heavy atom. The van der Waals surface area contributed by atoms with Gasteiger partial charge < -0.3 is 10.2 Å². The maximum Gasteiger partial charge on any atom is 0.0795 e. The number of hydrogen-bond donors (Lipinski definition) is 1. The fraction of sp³-hybridized carbons (Fsp3) is 0.727. The highest BCUT2D eigenvalue weighted by Crippen LogP contribution is 2.08. The molecule has 0 saturated carbocycles. The number of hydrogen-bond acceptors (Lipinski definition) is 4. The molecule has 1 unspecified atom stereocenters. The standard InChI is InChI=1S/C11H19N3S/c1-10(7-14-4-2-3-5-14)12-6-11-8-15-9-13-11/h8-10,12H,2-7H2,1H3. The van der Waals surface area contributed by atoms with E-state index in [1.807, 2.05) is 5.51 Å². The maximum atomic E-state index is 4.26. The number of nitrogens with zero attached hydrogens (tertiary/aromatic N) is 2. The second-order valence-electron chi connectivity index (χ2n) is 4.27. The number of rotatable bonds is 5. The van der Waals surface area contributed by atoms with E-state index >= 15 is 0 Å². The third-order valence-electron chi connectivity index (χ3n) is 2.85. The summed E-state index contributed by atoms with van der Waals surface area (Å²) in [4.78, 5) is 6.80. The summed E-state index contributed by atoms with van der Waals surface area (Å²) in [7, 11) is 0. The van der Waals surface area contributed by atoms with Crippen molar-refractivity contribution >= 4 is 11.3 Å². The molecular formula is C11H19N3S. The molecule has 2 rings (SSSR count). The van der Waals surface area contributed by atoms with Crippen LogP contribution in [0.4, 0.5) is 0 Å². The molecular weight excluding hydrogens is 206 g/mol. The number of thiazole rings is 1. The zero-order valence-electron chi connectivity index (χ0n) is 9.28. The quantitative estimate of drug-likeness (QED) is 0.827.